The summed E-state index contributed by atoms with van der Waals surface area (Å²) in [4.78, 5) is 14.2. The van der Waals surface area contributed by atoms with E-state index in [4.69, 9.17) is 5.73 Å². The molecule has 1 aliphatic carbocycles. The van der Waals surface area contributed by atoms with Gasteiger partial charge in [-0.05, 0) is 31.0 Å². The van der Waals surface area contributed by atoms with Crippen LogP contribution in [0.4, 0.5) is 5.69 Å². The van der Waals surface area contributed by atoms with Gasteiger partial charge in [-0.2, -0.15) is 0 Å². The first-order valence-electron chi connectivity index (χ1n) is 5.60. The first-order valence-corrected chi connectivity index (χ1v) is 6.39. The Morgan fingerprint density at radius 2 is 2.29 bits per heavy atom. The second-order valence-corrected chi connectivity index (χ2v) is 5.12. The Hall–Kier alpha value is -1.29. The summed E-state index contributed by atoms with van der Waals surface area (Å²) in [6.07, 6.45) is 3.91. The molecule has 0 spiro atoms. The molecule has 90 valence electrons. The highest BCUT2D eigenvalue weighted by Gasteiger charge is 2.32. The summed E-state index contributed by atoms with van der Waals surface area (Å²) in [6.45, 7) is 4.27. The zero-order valence-electron chi connectivity index (χ0n) is 9.53. The van der Waals surface area contributed by atoms with Crippen molar-refractivity contribution in [3.05, 3.63) is 40.9 Å². The molecular formula is C13H15BrN2O. The molecule has 1 fully saturated rings. The fraction of sp³-hybridized carbons (Fsp3) is 0.308. The third-order valence-corrected chi connectivity index (χ3v) is 3.31. The molecule has 0 aromatic heterocycles. The van der Waals surface area contributed by atoms with Gasteiger partial charge in [-0.25, -0.2) is 0 Å². The van der Waals surface area contributed by atoms with Crippen LogP contribution < -0.4 is 5.73 Å². The first kappa shape index (κ1) is 12.2. The minimum atomic E-state index is -0.00815. The van der Waals surface area contributed by atoms with E-state index in [1.807, 2.05) is 11.0 Å². The Morgan fingerprint density at radius 1 is 1.59 bits per heavy atom. The van der Waals surface area contributed by atoms with Crippen LogP contribution >= 0.6 is 15.9 Å². The Labute approximate surface area is 109 Å². The third-order valence-electron chi connectivity index (χ3n) is 2.82. The van der Waals surface area contributed by atoms with Crippen molar-refractivity contribution in [2.24, 2.45) is 0 Å². The van der Waals surface area contributed by atoms with Gasteiger partial charge in [-0.15, -0.1) is 6.58 Å². The second-order valence-electron chi connectivity index (χ2n) is 4.21. The van der Waals surface area contributed by atoms with E-state index in [2.05, 4.69) is 22.5 Å². The molecule has 1 aromatic carbocycles. The van der Waals surface area contributed by atoms with E-state index in [9.17, 15) is 4.79 Å². The average Bonchev–Trinajstić information content (AvgIpc) is 3.12. The van der Waals surface area contributed by atoms with Crippen molar-refractivity contribution >= 4 is 27.5 Å². The van der Waals surface area contributed by atoms with Crippen LogP contribution in [-0.4, -0.2) is 23.4 Å². The van der Waals surface area contributed by atoms with E-state index in [1.54, 1.807) is 18.2 Å². The maximum Gasteiger partial charge on any atom is 0.256 e. The van der Waals surface area contributed by atoms with E-state index in [-0.39, 0.29) is 5.91 Å². The number of hydrogen-bond acceptors (Lipinski definition) is 2. The zero-order chi connectivity index (χ0) is 12.4. The van der Waals surface area contributed by atoms with E-state index in [0.717, 1.165) is 17.3 Å². The predicted molar refractivity (Wildman–Crippen MR) is 72.8 cm³/mol. The third kappa shape index (κ3) is 2.69. The summed E-state index contributed by atoms with van der Waals surface area (Å²) in [5.74, 6) is -0.00815. The van der Waals surface area contributed by atoms with Crippen molar-refractivity contribution < 1.29 is 4.79 Å². The van der Waals surface area contributed by atoms with Gasteiger partial charge in [0.2, 0.25) is 0 Å². The molecule has 0 saturated heterocycles. The highest BCUT2D eigenvalue weighted by Crippen LogP contribution is 2.29. The molecule has 3 nitrogen and oxygen atoms in total. The van der Waals surface area contributed by atoms with Crippen molar-refractivity contribution in [3.8, 4) is 0 Å². The molecule has 4 heteroatoms. The van der Waals surface area contributed by atoms with Gasteiger partial charge in [0, 0.05) is 22.7 Å². The molecule has 0 atom stereocenters. The fourth-order valence-electron chi connectivity index (χ4n) is 1.79. The number of rotatable bonds is 4. The van der Waals surface area contributed by atoms with E-state index < -0.39 is 0 Å². The smallest absolute Gasteiger partial charge is 0.256 e. The lowest BCUT2D eigenvalue weighted by atomic mass is 10.1. The standard InChI is InChI=1S/C13H15BrN2O/c1-2-7-16(10-4-5-10)13(17)11-8-9(14)3-6-12(11)15/h2-3,6,8,10H,1,4-5,7,15H2. The summed E-state index contributed by atoms with van der Waals surface area (Å²) in [6, 6.07) is 5.71. The lowest BCUT2D eigenvalue weighted by Crippen LogP contribution is -2.33. The first-order chi connectivity index (χ1) is 8.13. The maximum atomic E-state index is 12.4. The van der Waals surface area contributed by atoms with Crippen molar-refractivity contribution in [1.82, 2.24) is 4.90 Å². The predicted octanol–water partition coefficient (Wildman–Crippen LogP) is 2.82. The number of carbonyl (C=O) groups excluding carboxylic acids is 1. The van der Waals surface area contributed by atoms with Gasteiger partial charge in [0.25, 0.3) is 5.91 Å². The molecular weight excluding hydrogens is 280 g/mol. The van der Waals surface area contributed by atoms with Crippen LogP contribution in [0.15, 0.2) is 35.3 Å². The van der Waals surface area contributed by atoms with Crippen LogP contribution in [-0.2, 0) is 0 Å². The van der Waals surface area contributed by atoms with E-state index in [0.29, 0.717) is 23.8 Å². The van der Waals surface area contributed by atoms with Crippen molar-refractivity contribution in [2.45, 2.75) is 18.9 Å². The quantitative estimate of drug-likeness (QED) is 0.686. The number of amides is 1. The number of hydrogen-bond donors (Lipinski definition) is 1. The molecule has 1 saturated carbocycles. The van der Waals surface area contributed by atoms with Gasteiger partial charge in [-0.3, -0.25) is 4.79 Å². The number of nitrogens with two attached hydrogens (primary N) is 1. The normalized spacial score (nSPS) is 14.4. The molecule has 1 amide bonds. The Kier molecular flexibility index (Phi) is 3.52. The van der Waals surface area contributed by atoms with Crippen molar-refractivity contribution in [1.29, 1.82) is 0 Å². The lowest BCUT2D eigenvalue weighted by molar-refractivity contribution is 0.0763. The molecule has 0 aliphatic heterocycles. The number of nitrogens with zero attached hydrogens (tertiary/aromatic N) is 1. The van der Waals surface area contributed by atoms with Crippen LogP contribution in [0.3, 0.4) is 0 Å². The van der Waals surface area contributed by atoms with Gasteiger partial charge >= 0.3 is 0 Å². The Balaban J connectivity index is 2.27. The van der Waals surface area contributed by atoms with Gasteiger partial charge in [0.1, 0.15) is 0 Å². The number of carbonyl (C=O) groups is 1. The van der Waals surface area contributed by atoms with Crippen molar-refractivity contribution in [2.75, 3.05) is 12.3 Å². The molecule has 1 aromatic rings. The highest BCUT2D eigenvalue weighted by atomic mass is 79.9. The van der Waals surface area contributed by atoms with Crippen LogP contribution in [0.5, 0.6) is 0 Å². The van der Waals surface area contributed by atoms with E-state index in [1.165, 1.54) is 0 Å². The number of nitrogen functional groups attached to an aromatic ring is 1. The Bertz CT molecular complexity index is 455. The molecule has 0 bridgehead atoms. The molecule has 1 aliphatic rings. The topological polar surface area (TPSA) is 46.3 Å². The molecule has 2 rings (SSSR count). The van der Waals surface area contributed by atoms with Crippen LogP contribution in [0.25, 0.3) is 0 Å². The van der Waals surface area contributed by atoms with Gasteiger partial charge in [0.15, 0.2) is 0 Å². The SMILES string of the molecule is C=CCN(C(=O)c1cc(Br)ccc1N)C1CC1. The zero-order valence-corrected chi connectivity index (χ0v) is 11.1. The van der Waals surface area contributed by atoms with Gasteiger partial charge < -0.3 is 10.6 Å². The minimum absolute atomic E-state index is 0.00815. The number of halogens is 1. The molecule has 0 unspecified atom stereocenters. The summed E-state index contributed by atoms with van der Waals surface area (Å²) < 4.78 is 0.865. The molecule has 0 heterocycles. The maximum absolute atomic E-state index is 12.4. The van der Waals surface area contributed by atoms with E-state index >= 15 is 0 Å². The van der Waals surface area contributed by atoms with Crippen molar-refractivity contribution in [3.63, 3.8) is 0 Å². The average molecular weight is 295 g/mol. The highest BCUT2D eigenvalue weighted by molar-refractivity contribution is 9.10. The summed E-state index contributed by atoms with van der Waals surface area (Å²) in [5, 5.41) is 0. The van der Waals surface area contributed by atoms with Gasteiger partial charge in [-0.1, -0.05) is 22.0 Å². The molecule has 2 N–H and O–H groups in total. The Morgan fingerprint density at radius 3 is 2.88 bits per heavy atom. The fourth-order valence-corrected chi connectivity index (χ4v) is 2.15. The van der Waals surface area contributed by atoms with Gasteiger partial charge in [0.05, 0.1) is 5.56 Å². The summed E-state index contributed by atoms with van der Waals surface area (Å²) in [5.41, 5.74) is 6.93. The molecule has 17 heavy (non-hydrogen) atoms. The monoisotopic (exact) mass is 294 g/mol. The lowest BCUT2D eigenvalue weighted by Gasteiger charge is -2.21. The largest absolute Gasteiger partial charge is 0.398 e. The van der Waals surface area contributed by atoms with Crippen LogP contribution in [0, 0.1) is 0 Å². The molecule has 0 radical (unpaired) electrons. The number of benzene rings is 1. The second kappa shape index (κ2) is 4.92. The summed E-state index contributed by atoms with van der Waals surface area (Å²) >= 11 is 3.36. The minimum Gasteiger partial charge on any atom is -0.398 e. The van der Waals surface area contributed by atoms with Crippen LogP contribution in [0.1, 0.15) is 23.2 Å². The van der Waals surface area contributed by atoms with Crippen LogP contribution in [0.2, 0.25) is 0 Å². The summed E-state index contributed by atoms with van der Waals surface area (Å²) in [7, 11) is 0. The number of anilines is 1.